The van der Waals surface area contributed by atoms with Crippen LogP contribution in [0.2, 0.25) is 0 Å². The van der Waals surface area contributed by atoms with Gasteiger partial charge in [-0.3, -0.25) is 14.9 Å². The average molecular weight is 255 g/mol. The van der Waals surface area contributed by atoms with Gasteiger partial charge in [0.05, 0.1) is 18.1 Å². The normalized spacial score (nSPS) is 9.89. The fourth-order valence-electron chi connectivity index (χ4n) is 1.25. The van der Waals surface area contributed by atoms with Gasteiger partial charge in [0.25, 0.3) is 0 Å². The van der Waals surface area contributed by atoms with Gasteiger partial charge in [0.1, 0.15) is 19.0 Å². The standard InChI is InChI=1S/C11H13NO6/c1-16-6-8(13)7-18-11-4-3-9(17-2)5-10(11)12(14)15/h3-5H,6-7H2,1-2H3. The Bertz CT molecular complexity index is 445. The van der Waals surface area contributed by atoms with E-state index in [9.17, 15) is 14.9 Å². The number of nitro groups is 1. The first kappa shape index (κ1) is 13.9. The molecule has 0 amide bonds. The second-order valence-electron chi connectivity index (χ2n) is 3.35. The summed E-state index contributed by atoms with van der Waals surface area (Å²) < 4.78 is 14.6. The Labute approximate surface area is 103 Å². The number of carbonyl (C=O) groups is 1. The highest BCUT2D eigenvalue weighted by Crippen LogP contribution is 2.30. The van der Waals surface area contributed by atoms with Crippen molar-refractivity contribution in [3.05, 3.63) is 28.3 Å². The predicted octanol–water partition coefficient (Wildman–Crippen LogP) is 1.20. The summed E-state index contributed by atoms with van der Waals surface area (Å²) in [6, 6.07) is 4.14. The second kappa shape index (κ2) is 6.55. The number of Topliss-reactive ketones (excluding diaryl/α,β-unsaturated/α-hetero) is 1. The lowest BCUT2D eigenvalue weighted by atomic mass is 10.3. The van der Waals surface area contributed by atoms with E-state index in [-0.39, 0.29) is 30.4 Å². The molecule has 0 heterocycles. The first-order valence-electron chi connectivity index (χ1n) is 5.04. The lowest BCUT2D eigenvalue weighted by molar-refractivity contribution is -0.385. The van der Waals surface area contributed by atoms with Gasteiger partial charge in [-0.2, -0.15) is 0 Å². The molecule has 0 saturated heterocycles. The highest BCUT2D eigenvalue weighted by atomic mass is 16.6. The molecule has 0 atom stereocenters. The van der Waals surface area contributed by atoms with E-state index in [2.05, 4.69) is 4.74 Å². The molecule has 0 spiro atoms. The lowest BCUT2D eigenvalue weighted by Crippen LogP contribution is -2.16. The van der Waals surface area contributed by atoms with E-state index in [1.165, 1.54) is 32.4 Å². The molecule has 1 rings (SSSR count). The second-order valence-corrected chi connectivity index (χ2v) is 3.35. The van der Waals surface area contributed by atoms with Crippen LogP contribution < -0.4 is 9.47 Å². The molecule has 98 valence electrons. The molecule has 0 aliphatic carbocycles. The van der Waals surface area contributed by atoms with Gasteiger partial charge in [-0.1, -0.05) is 0 Å². The summed E-state index contributed by atoms with van der Waals surface area (Å²) >= 11 is 0. The highest BCUT2D eigenvalue weighted by molar-refractivity contribution is 5.81. The molecule has 0 aromatic heterocycles. The van der Waals surface area contributed by atoms with E-state index in [0.717, 1.165) is 0 Å². The Morgan fingerprint density at radius 3 is 2.61 bits per heavy atom. The summed E-state index contributed by atoms with van der Waals surface area (Å²) in [4.78, 5) is 21.4. The minimum atomic E-state index is -0.599. The zero-order valence-electron chi connectivity index (χ0n) is 10.0. The smallest absolute Gasteiger partial charge is 0.314 e. The van der Waals surface area contributed by atoms with E-state index in [1.807, 2.05) is 0 Å². The molecule has 7 nitrogen and oxygen atoms in total. The minimum absolute atomic E-state index is 0.0188. The van der Waals surface area contributed by atoms with Crippen LogP contribution in [-0.2, 0) is 9.53 Å². The summed E-state index contributed by atoms with van der Waals surface area (Å²) in [5, 5.41) is 10.8. The fourth-order valence-corrected chi connectivity index (χ4v) is 1.25. The Morgan fingerprint density at radius 1 is 1.33 bits per heavy atom. The SMILES string of the molecule is COCC(=O)COc1ccc(OC)cc1[N+](=O)[O-]. The van der Waals surface area contributed by atoms with Crippen LogP contribution in [0.4, 0.5) is 5.69 Å². The van der Waals surface area contributed by atoms with E-state index in [1.54, 1.807) is 0 Å². The van der Waals surface area contributed by atoms with Crippen LogP contribution in [0, 0.1) is 10.1 Å². The number of rotatable bonds is 7. The zero-order valence-corrected chi connectivity index (χ0v) is 10.0. The van der Waals surface area contributed by atoms with Gasteiger partial charge in [0, 0.05) is 7.11 Å². The van der Waals surface area contributed by atoms with E-state index in [4.69, 9.17) is 9.47 Å². The summed E-state index contributed by atoms with van der Waals surface area (Å²) in [5.41, 5.74) is -0.250. The van der Waals surface area contributed by atoms with Gasteiger partial charge in [0.2, 0.25) is 0 Å². The number of ketones is 1. The molecule has 0 N–H and O–H groups in total. The van der Waals surface area contributed by atoms with E-state index < -0.39 is 4.92 Å². The number of benzene rings is 1. The summed E-state index contributed by atoms with van der Waals surface area (Å²) in [6.07, 6.45) is 0. The number of carbonyl (C=O) groups excluding carboxylic acids is 1. The zero-order chi connectivity index (χ0) is 13.5. The van der Waals surface area contributed by atoms with Crippen molar-refractivity contribution in [1.82, 2.24) is 0 Å². The van der Waals surface area contributed by atoms with Gasteiger partial charge >= 0.3 is 5.69 Å². The molecule has 0 aliphatic heterocycles. The molecular weight excluding hydrogens is 242 g/mol. The highest BCUT2D eigenvalue weighted by Gasteiger charge is 2.17. The van der Waals surface area contributed by atoms with E-state index >= 15 is 0 Å². The van der Waals surface area contributed by atoms with Crippen molar-refractivity contribution >= 4 is 11.5 Å². The lowest BCUT2D eigenvalue weighted by Gasteiger charge is -2.07. The van der Waals surface area contributed by atoms with Crippen molar-refractivity contribution in [2.45, 2.75) is 0 Å². The number of nitro benzene ring substituents is 1. The maximum absolute atomic E-state index is 11.2. The maximum Gasteiger partial charge on any atom is 0.314 e. The van der Waals surface area contributed by atoms with Crippen LogP contribution >= 0.6 is 0 Å². The number of ether oxygens (including phenoxy) is 3. The van der Waals surface area contributed by atoms with Gasteiger partial charge in [-0.25, -0.2) is 0 Å². The van der Waals surface area contributed by atoms with Gasteiger partial charge < -0.3 is 14.2 Å². The molecule has 7 heteroatoms. The van der Waals surface area contributed by atoms with Crippen LogP contribution in [0.3, 0.4) is 0 Å². The van der Waals surface area contributed by atoms with Crippen LogP contribution in [0.1, 0.15) is 0 Å². The van der Waals surface area contributed by atoms with Gasteiger partial charge in [0.15, 0.2) is 11.5 Å². The third kappa shape index (κ3) is 3.70. The number of methoxy groups -OCH3 is 2. The van der Waals surface area contributed by atoms with Crippen molar-refractivity contribution in [1.29, 1.82) is 0 Å². The first-order valence-corrected chi connectivity index (χ1v) is 5.04. The molecule has 0 radical (unpaired) electrons. The minimum Gasteiger partial charge on any atom is -0.496 e. The Hall–Kier alpha value is -2.15. The number of hydrogen-bond acceptors (Lipinski definition) is 6. The molecule has 0 fully saturated rings. The molecule has 0 saturated carbocycles. The van der Waals surface area contributed by atoms with Crippen molar-refractivity contribution < 1.29 is 23.9 Å². The van der Waals surface area contributed by atoms with Crippen LogP contribution in [0.15, 0.2) is 18.2 Å². The maximum atomic E-state index is 11.2. The summed E-state index contributed by atoms with van der Waals surface area (Å²) in [7, 11) is 2.79. The van der Waals surface area contributed by atoms with Crippen LogP contribution in [0.5, 0.6) is 11.5 Å². The number of hydrogen-bond donors (Lipinski definition) is 0. The molecule has 1 aromatic carbocycles. The van der Waals surface area contributed by atoms with Crippen molar-refractivity contribution in [3.63, 3.8) is 0 Å². The third-order valence-electron chi connectivity index (χ3n) is 2.06. The molecular formula is C11H13NO6. The van der Waals surface area contributed by atoms with Crippen molar-refractivity contribution in [2.24, 2.45) is 0 Å². The quantitative estimate of drug-likeness (QED) is 0.537. The average Bonchev–Trinajstić information content (AvgIpc) is 2.36. The molecule has 0 unspecified atom stereocenters. The monoisotopic (exact) mass is 255 g/mol. The molecule has 0 aliphatic rings. The Kier molecular flexibility index (Phi) is 5.06. The predicted molar refractivity (Wildman–Crippen MR) is 62.0 cm³/mol. The van der Waals surface area contributed by atoms with Crippen molar-refractivity contribution in [2.75, 3.05) is 27.4 Å². The Morgan fingerprint density at radius 2 is 2.06 bits per heavy atom. The fraction of sp³-hybridized carbons (Fsp3) is 0.364. The first-order chi connectivity index (χ1) is 8.58. The molecule has 0 bridgehead atoms. The van der Waals surface area contributed by atoms with Crippen molar-refractivity contribution in [3.8, 4) is 11.5 Å². The third-order valence-corrected chi connectivity index (χ3v) is 2.06. The van der Waals surface area contributed by atoms with E-state index in [0.29, 0.717) is 5.75 Å². The molecule has 18 heavy (non-hydrogen) atoms. The van der Waals surface area contributed by atoms with Crippen LogP contribution in [-0.4, -0.2) is 38.1 Å². The largest absolute Gasteiger partial charge is 0.496 e. The van der Waals surface area contributed by atoms with Crippen LogP contribution in [0.25, 0.3) is 0 Å². The summed E-state index contributed by atoms with van der Waals surface area (Å²) in [5.74, 6) is 0.0603. The Balaban J connectivity index is 2.81. The van der Waals surface area contributed by atoms with Gasteiger partial charge in [-0.05, 0) is 12.1 Å². The van der Waals surface area contributed by atoms with Gasteiger partial charge in [-0.15, -0.1) is 0 Å². The molecule has 1 aromatic rings. The summed E-state index contributed by atoms with van der Waals surface area (Å²) in [6.45, 7) is -0.370. The number of nitrogens with zero attached hydrogens (tertiary/aromatic N) is 1. The topological polar surface area (TPSA) is 87.9 Å².